The lowest BCUT2D eigenvalue weighted by molar-refractivity contribution is 0.0240. The molecule has 1 aromatic heterocycles. The van der Waals surface area contributed by atoms with Crippen molar-refractivity contribution >= 4 is 34.4 Å². The van der Waals surface area contributed by atoms with Crippen LogP contribution in [0.3, 0.4) is 0 Å². The van der Waals surface area contributed by atoms with Gasteiger partial charge in [-0.2, -0.15) is 0 Å². The van der Waals surface area contributed by atoms with Crippen molar-refractivity contribution in [1.29, 1.82) is 0 Å². The van der Waals surface area contributed by atoms with Gasteiger partial charge in [0.2, 0.25) is 0 Å². The van der Waals surface area contributed by atoms with Gasteiger partial charge in [0.05, 0.1) is 0 Å². The Labute approximate surface area is 207 Å². The molecule has 6 heteroatoms. The Morgan fingerprint density at radius 2 is 1.68 bits per heavy atom. The Morgan fingerprint density at radius 1 is 1.00 bits per heavy atom. The molecule has 1 fully saturated rings. The number of aromatic nitrogens is 1. The van der Waals surface area contributed by atoms with E-state index in [9.17, 15) is 4.79 Å². The predicted molar refractivity (Wildman–Crippen MR) is 141 cm³/mol. The van der Waals surface area contributed by atoms with E-state index in [1.807, 2.05) is 27.0 Å². The first-order valence-electron chi connectivity index (χ1n) is 12.1. The van der Waals surface area contributed by atoms with Crippen LogP contribution in [-0.4, -0.2) is 47.8 Å². The van der Waals surface area contributed by atoms with E-state index in [1.165, 1.54) is 20.7 Å². The van der Waals surface area contributed by atoms with E-state index in [1.54, 1.807) is 16.7 Å². The summed E-state index contributed by atoms with van der Waals surface area (Å²) in [7, 11) is 0. The quantitative estimate of drug-likeness (QED) is 0.412. The standard InChI is InChI=1S/C28H35N3O2S/c1-20(2)18-21-6-9-23(10-7-21)34-24-11-8-22-12-13-29-26(25(22)19-24)30-14-16-31(17-15-30)27(32)33-28(3,4)5/h6-13,19-20H,14-18H2,1-5H3. The molecule has 0 N–H and O–H groups in total. The Bertz CT molecular complexity index is 1130. The minimum atomic E-state index is -0.478. The molecule has 0 atom stereocenters. The number of hydrogen-bond donors (Lipinski definition) is 0. The van der Waals surface area contributed by atoms with E-state index in [2.05, 4.69) is 67.3 Å². The number of carbonyl (C=O) groups excluding carboxylic acids is 1. The van der Waals surface area contributed by atoms with Crippen LogP contribution in [0, 0.1) is 5.92 Å². The van der Waals surface area contributed by atoms with Crippen LogP contribution in [0.15, 0.2) is 64.5 Å². The molecule has 5 nitrogen and oxygen atoms in total. The third-order valence-electron chi connectivity index (χ3n) is 5.75. The summed E-state index contributed by atoms with van der Waals surface area (Å²) in [6.07, 6.45) is 2.74. The van der Waals surface area contributed by atoms with Gasteiger partial charge in [-0.05, 0) is 74.4 Å². The fraction of sp³-hybridized carbons (Fsp3) is 0.429. The molecule has 34 heavy (non-hydrogen) atoms. The fourth-order valence-electron chi connectivity index (χ4n) is 4.18. The summed E-state index contributed by atoms with van der Waals surface area (Å²) in [4.78, 5) is 23.7. The van der Waals surface area contributed by atoms with Crippen molar-refractivity contribution in [2.45, 2.75) is 56.4 Å². The Morgan fingerprint density at radius 3 is 2.32 bits per heavy atom. The Hall–Kier alpha value is -2.73. The van der Waals surface area contributed by atoms with E-state index in [4.69, 9.17) is 9.72 Å². The van der Waals surface area contributed by atoms with Crippen LogP contribution in [0.5, 0.6) is 0 Å². The Kier molecular flexibility index (Phi) is 7.36. The van der Waals surface area contributed by atoms with Crippen LogP contribution in [0.25, 0.3) is 10.8 Å². The summed E-state index contributed by atoms with van der Waals surface area (Å²) < 4.78 is 5.54. The van der Waals surface area contributed by atoms with Crippen LogP contribution in [0.2, 0.25) is 0 Å². The zero-order chi connectivity index (χ0) is 24.3. The van der Waals surface area contributed by atoms with Crippen LogP contribution in [0.1, 0.15) is 40.2 Å². The van der Waals surface area contributed by atoms with Gasteiger partial charge in [-0.1, -0.05) is 43.8 Å². The molecule has 2 aromatic carbocycles. The van der Waals surface area contributed by atoms with E-state index >= 15 is 0 Å². The second-order valence-corrected chi connectivity index (χ2v) is 11.5. The monoisotopic (exact) mass is 477 g/mol. The van der Waals surface area contributed by atoms with Crippen molar-refractivity contribution in [2.24, 2.45) is 5.92 Å². The number of pyridine rings is 1. The summed E-state index contributed by atoms with van der Waals surface area (Å²) in [5.74, 6) is 1.65. The van der Waals surface area contributed by atoms with Gasteiger partial charge in [0.25, 0.3) is 0 Å². The summed E-state index contributed by atoms with van der Waals surface area (Å²) >= 11 is 1.78. The minimum Gasteiger partial charge on any atom is -0.444 e. The molecule has 1 saturated heterocycles. The molecule has 4 rings (SSSR count). The molecule has 1 amide bonds. The van der Waals surface area contributed by atoms with E-state index < -0.39 is 5.60 Å². The van der Waals surface area contributed by atoms with Gasteiger partial charge in [0.1, 0.15) is 11.4 Å². The second kappa shape index (κ2) is 10.3. The summed E-state index contributed by atoms with van der Waals surface area (Å²) in [5, 5.41) is 2.32. The molecule has 1 aliphatic rings. The van der Waals surface area contributed by atoms with Crippen molar-refractivity contribution in [3.63, 3.8) is 0 Å². The average Bonchev–Trinajstić information content (AvgIpc) is 2.79. The number of fused-ring (bicyclic) bond motifs is 1. The molecule has 1 aliphatic heterocycles. The van der Waals surface area contributed by atoms with Gasteiger partial charge < -0.3 is 14.5 Å². The van der Waals surface area contributed by atoms with Crippen molar-refractivity contribution < 1.29 is 9.53 Å². The van der Waals surface area contributed by atoms with Crippen LogP contribution < -0.4 is 4.90 Å². The predicted octanol–water partition coefficient (Wildman–Crippen LogP) is 6.64. The van der Waals surface area contributed by atoms with Crippen LogP contribution in [-0.2, 0) is 11.2 Å². The van der Waals surface area contributed by atoms with Gasteiger partial charge in [-0.3, -0.25) is 0 Å². The zero-order valence-electron chi connectivity index (χ0n) is 20.9. The van der Waals surface area contributed by atoms with Crippen LogP contribution in [0.4, 0.5) is 10.6 Å². The molecular formula is C28H35N3O2S. The molecule has 0 unspecified atom stereocenters. The van der Waals surface area contributed by atoms with Crippen molar-refractivity contribution in [2.75, 3.05) is 31.1 Å². The molecule has 0 saturated carbocycles. The van der Waals surface area contributed by atoms with Crippen LogP contribution >= 0.6 is 11.8 Å². The second-order valence-electron chi connectivity index (χ2n) is 10.3. The maximum atomic E-state index is 12.4. The summed E-state index contributed by atoms with van der Waals surface area (Å²) in [6, 6.07) is 17.6. The first-order valence-corrected chi connectivity index (χ1v) is 12.9. The largest absolute Gasteiger partial charge is 0.444 e. The normalized spacial score (nSPS) is 14.6. The highest BCUT2D eigenvalue weighted by Gasteiger charge is 2.27. The fourth-order valence-corrected chi connectivity index (χ4v) is 5.03. The maximum absolute atomic E-state index is 12.4. The van der Waals surface area contributed by atoms with E-state index in [-0.39, 0.29) is 6.09 Å². The van der Waals surface area contributed by atoms with Crippen molar-refractivity contribution in [3.05, 3.63) is 60.3 Å². The molecule has 180 valence electrons. The smallest absolute Gasteiger partial charge is 0.410 e. The number of rotatable bonds is 5. The highest BCUT2D eigenvalue weighted by Crippen LogP contribution is 2.33. The minimum absolute atomic E-state index is 0.240. The van der Waals surface area contributed by atoms with Gasteiger partial charge in [0, 0.05) is 47.6 Å². The van der Waals surface area contributed by atoms with Gasteiger partial charge in [0.15, 0.2) is 0 Å². The van der Waals surface area contributed by atoms with Crippen molar-refractivity contribution in [3.8, 4) is 0 Å². The lowest BCUT2D eigenvalue weighted by Crippen LogP contribution is -2.50. The molecule has 0 bridgehead atoms. The number of carbonyl (C=O) groups is 1. The Balaban J connectivity index is 1.48. The highest BCUT2D eigenvalue weighted by atomic mass is 32.2. The SMILES string of the molecule is CC(C)Cc1ccc(Sc2ccc3ccnc(N4CCN(C(=O)OC(C)(C)C)CC4)c3c2)cc1. The maximum Gasteiger partial charge on any atom is 0.410 e. The lowest BCUT2D eigenvalue weighted by Gasteiger charge is -2.36. The topological polar surface area (TPSA) is 45.7 Å². The molecule has 0 spiro atoms. The number of benzene rings is 2. The number of piperazine rings is 1. The summed E-state index contributed by atoms with van der Waals surface area (Å²) in [6.45, 7) is 12.9. The van der Waals surface area contributed by atoms with Gasteiger partial charge in [-0.25, -0.2) is 9.78 Å². The zero-order valence-corrected chi connectivity index (χ0v) is 21.7. The first kappa shape index (κ1) is 24.4. The first-order chi connectivity index (χ1) is 16.2. The molecule has 0 radical (unpaired) electrons. The molecule has 3 aromatic rings. The molecule has 2 heterocycles. The molecule has 0 aliphatic carbocycles. The number of nitrogens with zero attached hydrogens (tertiary/aromatic N) is 3. The molecular weight excluding hydrogens is 442 g/mol. The lowest BCUT2D eigenvalue weighted by atomic mass is 10.0. The number of anilines is 1. The highest BCUT2D eigenvalue weighted by molar-refractivity contribution is 7.99. The third-order valence-corrected chi connectivity index (χ3v) is 6.75. The van der Waals surface area contributed by atoms with Crippen molar-refractivity contribution in [1.82, 2.24) is 9.88 Å². The summed E-state index contributed by atoms with van der Waals surface area (Å²) in [5.41, 5.74) is 0.906. The van der Waals surface area contributed by atoms with E-state index in [0.717, 1.165) is 30.7 Å². The number of hydrogen-bond acceptors (Lipinski definition) is 5. The number of ether oxygens (including phenoxy) is 1. The van der Waals surface area contributed by atoms with Gasteiger partial charge in [-0.15, -0.1) is 0 Å². The third kappa shape index (κ3) is 6.23. The average molecular weight is 478 g/mol. The van der Waals surface area contributed by atoms with Gasteiger partial charge >= 0.3 is 6.09 Å². The number of amides is 1. The van der Waals surface area contributed by atoms with E-state index in [0.29, 0.717) is 19.0 Å².